The van der Waals surface area contributed by atoms with Crippen LogP contribution in [0.25, 0.3) is 0 Å². The molecule has 4 nitrogen and oxygen atoms in total. The van der Waals surface area contributed by atoms with Crippen molar-refractivity contribution in [3.8, 4) is 0 Å². The fraction of sp³-hybridized carbons (Fsp3) is 0.458. The summed E-state index contributed by atoms with van der Waals surface area (Å²) in [6.45, 7) is 1.54. The number of benzene rings is 2. The maximum atomic E-state index is 11.9. The Kier molecular flexibility index (Phi) is 3.12. The second-order valence-electron chi connectivity index (χ2n) is 8.90. The van der Waals surface area contributed by atoms with Gasteiger partial charge in [0.25, 0.3) is 0 Å². The van der Waals surface area contributed by atoms with Crippen LogP contribution in [0.15, 0.2) is 70.9 Å². The average molecular weight is 372 g/mol. The first kappa shape index (κ1) is 16.5. The maximum Gasteiger partial charge on any atom is 0.302 e. The summed E-state index contributed by atoms with van der Waals surface area (Å²) >= 11 is 0. The van der Waals surface area contributed by atoms with E-state index in [-0.39, 0.29) is 23.0 Å². The number of hydrogen-bond donors (Lipinski definition) is 0. The van der Waals surface area contributed by atoms with E-state index >= 15 is 0 Å². The van der Waals surface area contributed by atoms with Gasteiger partial charge >= 0.3 is 5.97 Å². The molecule has 3 saturated carbocycles. The third-order valence-electron chi connectivity index (χ3n) is 8.21. The van der Waals surface area contributed by atoms with Gasteiger partial charge in [-0.05, 0) is 36.8 Å². The highest BCUT2D eigenvalue weighted by Gasteiger charge is 2.86. The molecule has 2 aromatic rings. The number of carbonyl (C=O) groups is 1. The lowest BCUT2D eigenvalue weighted by Crippen LogP contribution is -2.65. The Morgan fingerprint density at radius 1 is 0.893 bits per heavy atom. The summed E-state index contributed by atoms with van der Waals surface area (Å²) in [4.78, 5) is 11.9. The molecule has 3 aliphatic carbocycles. The van der Waals surface area contributed by atoms with Crippen molar-refractivity contribution in [2.24, 2.45) is 27.5 Å². The molecule has 2 aromatic carbocycles. The van der Waals surface area contributed by atoms with Crippen LogP contribution in [0.3, 0.4) is 0 Å². The van der Waals surface area contributed by atoms with Crippen molar-refractivity contribution in [3.63, 3.8) is 0 Å². The molecule has 6 rings (SSSR count). The van der Waals surface area contributed by atoms with Crippen LogP contribution >= 0.6 is 0 Å². The maximum absolute atomic E-state index is 11.9. The van der Waals surface area contributed by atoms with Crippen LogP contribution in [0.1, 0.15) is 43.7 Å². The van der Waals surface area contributed by atoms with E-state index < -0.39 is 5.54 Å². The zero-order chi connectivity index (χ0) is 19.0. The lowest BCUT2D eigenvalue weighted by atomic mass is 9.41. The van der Waals surface area contributed by atoms with Crippen LogP contribution in [0.4, 0.5) is 0 Å². The van der Waals surface area contributed by atoms with Crippen molar-refractivity contribution in [1.29, 1.82) is 0 Å². The average Bonchev–Trinajstić information content (AvgIpc) is 3.24. The van der Waals surface area contributed by atoms with Crippen LogP contribution in [-0.4, -0.2) is 17.6 Å². The number of hydrogen-bond acceptors (Lipinski definition) is 4. The fourth-order valence-corrected chi connectivity index (χ4v) is 7.42. The van der Waals surface area contributed by atoms with Crippen molar-refractivity contribution < 1.29 is 9.53 Å². The third-order valence-corrected chi connectivity index (χ3v) is 8.21. The minimum Gasteiger partial charge on any atom is -0.462 e. The number of fused-ring (bicyclic) bond motifs is 2. The Labute approximate surface area is 165 Å². The predicted molar refractivity (Wildman–Crippen MR) is 105 cm³/mol. The molecule has 1 unspecified atom stereocenters. The first-order valence-corrected chi connectivity index (χ1v) is 10.4. The zero-order valence-corrected chi connectivity index (χ0v) is 16.0. The van der Waals surface area contributed by atoms with Gasteiger partial charge in [-0.25, -0.2) is 0 Å². The minimum atomic E-state index is -0.494. The van der Waals surface area contributed by atoms with Gasteiger partial charge in [0.2, 0.25) is 0 Å². The molecule has 4 heteroatoms. The molecule has 5 atom stereocenters. The van der Waals surface area contributed by atoms with Gasteiger partial charge in [0.15, 0.2) is 0 Å². The molecule has 0 saturated heterocycles. The smallest absolute Gasteiger partial charge is 0.302 e. The van der Waals surface area contributed by atoms with Gasteiger partial charge in [0.1, 0.15) is 11.6 Å². The molecule has 1 aliphatic heterocycles. The summed E-state index contributed by atoms with van der Waals surface area (Å²) in [7, 11) is 0. The lowest BCUT2D eigenvalue weighted by Gasteiger charge is -2.60. The molecule has 28 heavy (non-hydrogen) atoms. The molecule has 4 aliphatic rings. The van der Waals surface area contributed by atoms with E-state index in [0.29, 0.717) is 11.8 Å². The number of esters is 1. The summed E-state index contributed by atoms with van der Waals surface area (Å²) in [6, 6.07) is 21.3. The van der Waals surface area contributed by atoms with Crippen LogP contribution < -0.4 is 0 Å². The van der Waals surface area contributed by atoms with Gasteiger partial charge < -0.3 is 4.74 Å². The van der Waals surface area contributed by atoms with Crippen LogP contribution in [0.5, 0.6) is 0 Å². The summed E-state index contributed by atoms with van der Waals surface area (Å²) in [6.07, 6.45) is 4.30. The topological polar surface area (TPSA) is 51.0 Å². The van der Waals surface area contributed by atoms with Crippen LogP contribution in [0, 0.1) is 17.3 Å². The summed E-state index contributed by atoms with van der Waals surface area (Å²) in [5.74, 6) is 0.440. The molecule has 0 radical (unpaired) electrons. The molecule has 3 fully saturated rings. The standard InChI is InChI=1S/C24H24N2O2/c1-16(27)28-21-19-12-13-20(21)23-15-14-22(19,23)24(26-25-23,17-8-4-2-5-9-17)18-10-6-3-7-11-18/h2-11,19-21H,12-15H2,1H3/t19-,20+,21?,22+,23-/m1/s1. The first-order valence-electron chi connectivity index (χ1n) is 10.4. The van der Waals surface area contributed by atoms with E-state index in [1.165, 1.54) is 18.1 Å². The number of nitrogens with zero attached hydrogens (tertiary/aromatic N) is 2. The van der Waals surface area contributed by atoms with E-state index in [9.17, 15) is 4.79 Å². The quantitative estimate of drug-likeness (QED) is 0.721. The monoisotopic (exact) mass is 372 g/mol. The molecule has 2 bridgehead atoms. The van der Waals surface area contributed by atoms with Crippen molar-refractivity contribution in [1.82, 2.24) is 0 Å². The highest BCUT2D eigenvalue weighted by Crippen LogP contribution is 2.82. The molecule has 1 heterocycles. The molecule has 0 N–H and O–H groups in total. The molecule has 0 spiro atoms. The van der Waals surface area contributed by atoms with E-state index in [1.807, 2.05) is 0 Å². The highest BCUT2D eigenvalue weighted by molar-refractivity contribution is 5.66. The Bertz CT molecular complexity index is 933. The van der Waals surface area contributed by atoms with Crippen molar-refractivity contribution in [2.75, 3.05) is 0 Å². The molecular formula is C24H24N2O2. The van der Waals surface area contributed by atoms with Gasteiger partial charge in [0.05, 0.1) is 5.54 Å². The van der Waals surface area contributed by atoms with E-state index in [1.54, 1.807) is 0 Å². The van der Waals surface area contributed by atoms with Crippen LogP contribution in [0.2, 0.25) is 0 Å². The summed E-state index contributed by atoms with van der Waals surface area (Å²) in [5.41, 5.74) is 1.65. The van der Waals surface area contributed by atoms with Gasteiger partial charge in [-0.1, -0.05) is 60.7 Å². The Morgan fingerprint density at radius 3 is 2.04 bits per heavy atom. The molecule has 142 valence electrons. The van der Waals surface area contributed by atoms with E-state index in [0.717, 1.165) is 25.7 Å². The highest BCUT2D eigenvalue weighted by atomic mass is 16.5. The number of carbonyl (C=O) groups excluding carboxylic acids is 1. The Balaban J connectivity index is 1.61. The third kappa shape index (κ3) is 1.59. The SMILES string of the molecule is CC(=O)OC1[C@H]2CC[C@@H]1[C@]13CC[C@]21C(c1ccccc1)(c1ccccc1)N=N3. The van der Waals surface area contributed by atoms with Gasteiger partial charge in [0, 0.05) is 24.2 Å². The predicted octanol–water partition coefficient (Wildman–Crippen LogP) is 4.89. The summed E-state index contributed by atoms with van der Waals surface area (Å²) < 4.78 is 5.93. The second-order valence-corrected chi connectivity index (χ2v) is 8.90. The van der Waals surface area contributed by atoms with E-state index in [4.69, 9.17) is 15.0 Å². The zero-order valence-electron chi connectivity index (χ0n) is 16.0. The largest absolute Gasteiger partial charge is 0.462 e. The van der Waals surface area contributed by atoms with Gasteiger partial charge in [-0.3, -0.25) is 4.79 Å². The number of ether oxygens (including phenoxy) is 1. The number of rotatable bonds is 3. The van der Waals surface area contributed by atoms with Crippen molar-refractivity contribution >= 4 is 5.97 Å². The lowest BCUT2D eigenvalue weighted by molar-refractivity contribution is -0.149. The fourth-order valence-electron chi connectivity index (χ4n) is 7.42. The molecule has 0 amide bonds. The Morgan fingerprint density at radius 2 is 1.50 bits per heavy atom. The normalized spacial score (nSPS) is 38.5. The Hall–Kier alpha value is -2.49. The minimum absolute atomic E-state index is 0.0222. The van der Waals surface area contributed by atoms with Crippen molar-refractivity contribution in [2.45, 2.75) is 49.8 Å². The first-order chi connectivity index (χ1) is 13.7. The molecular weight excluding hydrogens is 348 g/mol. The second kappa shape index (κ2) is 5.31. The number of azo groups is 1. The van der Waals surface area contributed by atoms with Gasteiger partial charge in [-0.15, -0.1) is 0 Å². The van der Waals surface area contributed by atoms with Crippen molar-refractivity contribution in [3.05, 3.63) is 71.8 Å². The molecule has 0 aromatic heterocycles. The summed E-state index contributed by atoms with van der Waals surface area (Å²) in [5, 5.41) is 10.2. The van der Waals surface area contributed by atoms with Crippen LogP contribution in [-0.2, 0) is 15.1 Å². The van der Waals surface area contributed by atoms with E-state index in [2.05, 4.69) is 60.7 Å². The van der Waals surface area contributed by atoms with Gasteiger partial charge in [-0.2, -0.15) is 10.2 Å².